The quantitative estimate of drug-likeness (QED) is 0.869. The summed E-state index contributed by atoms with van der Waals surface area (Å²) in [7, 11) is 0. The van der Waals surface area contributed by atoms with Crippen LogP contribution < -0.4 is 16.0 Å². The minimum atomic E-state index is -0.0780. The minimum absolute atomic E-state index is 0.0780. The second kappa shape index (κ2) is 5.44. The van der Waals surface area contributed by atoms with Crippen LogP contribution in [0.15, 0.2) is 0 Å². The average molecular weight is 312 g/mol. The molecule has 0 bridgehead atoms. The van der Waals surface area contributed by atoms with Crippen molar-refractivity contribution in [1.29, 1.82) is 0 Å². The number of anilines is 2. The summed E-state index contributed by atoms with van der Waals surface area (Å²) in [6, 6.07) is 0. The lowest BCUT2D eigenvalue weighted by molar-refractivity contribution is 0.0957. The van der Waals surface area contributed by atoms with E-state index in [1.165, 1.54) is 37.0 Å². The molecule has 1 aliphatic carbocycles. The molecule has 1 aromatic rings. The van der Waals surface area contributed by atoms with E-state index in [1.54, 1.807) is 0 Å². The predicted octanol–water partition coefficient (Wildman–Crippen LogP) is 1.95. The summed E-state index contributed by atoms with van der Waals surface area (Å²) in [6.07, 6.45) is 6.86. The number of nitrogens with two attached hydrogens (primary N) is 1. The van der Waals surface area contributed by atoms with Crippen molar-refractivity contribution >= 4 is 40.0 Å². The van der Waals surface area contributed by atoms with Crippen LogP contribution in [0.2, 0.25) is 0 Å². The summed E-state index contributed by atoms with van der Waals surface area (Å²) in [5.74, 6) is 0.286. The van der Waals surface area contributed by atoms with Gasteiger partial charge in [0, 0.05) is 24.4 Å². The van der Waals surface area contributed by atoms with Crippen molar-refractivity contribution < 1.29 is 4.79 Å². The highest BCUT2D eigenvalue weighted by Crippen LogP contribution is 2.46. The van der Waals surface area contributed by atoms with Crippen molar-refractivity contribution in [3.63, 3.8) is 0 Å². The van der Waals surface area contributed by atoms with Crippen molar-refractivity contribution in [3.8, 4) is 0 Å². The normalized spacial score (nSPS) is 20.1. The van der Waals surface area contributed by atoms with E-state index in [0.717, 1.165) is 24.8 Å². The van der Waals surface area contributed by atoms with Gasteiger partial charge in [0.05, 0.1) is 0 Å². The third kappa shape index (κ3) is 2.74. The van der Waals surface area contributed by atoms with E-state index in [9.17, 15) is 4.79 Å². The first kappa shape index (κ1) is 14.0. The molecule has 5 nitrogen and oxygen atoms in total. The second-order valence-corrected chi connectivity index (χ2v) is 7.73. The zero-order valence-corrected chi connectivity index (χ0v) is 13.3. The van der Waals surface area contributed by atoms with Crippen molar-refractivity contribution in [2.75, 3.05) is 36.5 Å². The molecule has 20 heavy (non-hydrogen) atoms. The largest absolute Gasteiger partial charge is 0.382 e. The van der Waals surface area contributed by atoms with Gasteiger partial charge in [-0.25, -0.2) is 4.98 Å². The molecule has 1 saturated carbocycles. The van der Waals surface area contributed by atoms with Gasteiger partial charge in [-0.05, 0) is 31.9 Å². The molecule has 0 unspecified atom stereocenters. The first-order valence-electron chi connectivity index (χ1n) is 6.98. The van der Waals surface area contributed by atoms with Crippen molar-refractivity contribution in [1.82, 2.24) is 10.3 Å². The molecular weight excluding hydrogens is 292 g/mol. The molecule has 0 atom stereocenters. The molecule has 2 heterocycles. The third-order valence-corrected chi connectivity index (χ3v) is 6.59. The molecule has 1 amide bonds. The Hall–Kier alpha value is -0.950. The highest BCUT2D eigenvalue weighted by molar-refractivity contribution is 8.00. The fraction of sp³-hybridized carbons (Fsp3) is 0.692. The molecule has 110 valence electrons. The van der Waals surface area contributed by atoms with Gasteiger partial charge in [0.2, 0.25) is 0 Å². The first-order valence-corrected chi connectivity index (χ1v) is 9.02. The van der Waals surface area contributed by atoms with Crippen LogP contribution in [0.4, 0.5) is 10.9 Å². The van der Waals surface area contributed by atoms with Crippen LogP contribution >= 0.6 is 23.1 Å². The highest BCUT2D eigenvalue weighted by Gasteiger charge is 2.42. The van der Waals surface area contributed by atoms with Gasteiger partial charge in [0.1, 0.15) is 10.7 Å². The first-order chi connectivity index (χ1) is 9.63. The molecule has 2 aliphatic rings. The number of aromatic nitrogens is 1. The summed E-state index contributed by atoms with van der Waals surface area (Å²) < 4.78 is 0.271. The molecular formula is C13H20N4OS2. The number of nitrogens with one attached hydrogen (secondary N) is 1. The summed E-state index contributed by atoms with van der Waals surface area (Å²) in [5.41, 5.74) is 5.90. The van der Waals surface area contributed by atoms with Gasteiger partial charge in [-0.1, -0.05) is 11.3 Å². The van der Waals surface area contributed by atoms with Crippen LogP contribution in [0.25, 0.3) is 0 Å². The number of thiazole rings is 1. The van der Waals surface area contributed by atoms with Crippen molar-refractivity contribution in [2.45, 2.75) is 30.4 Å². The predicted molar refractivity (Wildman–Crippen MR) is 85.8 cm³/mol. The van der Waals surface area contributed by atoms with Crippen LogP contribution in [0.5, 0.6) is 0 Å². The van der Waals surface area contributed by atoms with Gasteiger partial charge in [0.15, 0.2) is 5.13 Å². The number of hydrogen-bond donors (Lipinski definition) is 2. The van der Waals surface area contributed by atoms with Crippen LogP contribution in [0, 0.1) is 0 Å². The third-order valence-electron chi connectivity index (χ3n) is 4.04. The van der Waals surface area contributed by atoms with E-state index in [-0.39, 0.29) is 10.7 Å². The maximum absolute atomic E-state index is 12.2. The Morgan fingerprint density at radius 1 is 1.50 bits per heavy atom. The average Bonchev–Trinajstić information content (AvgIpc) is 2.87. The number of thioether (sulfide) groups is 1. The lowest BCUT2D eigenvalue weighted by atomic mass is 10.4. The number of amides is 1. The number of rotatable bonds is 5. The Morgan fingerprint density at radius 3 is 2.80 bits per heavy atom. The number of nitrogen functional groups attached to an aromatic ring is 1. The molecule has 1 aromatic heterocycles. The lowest BCUT2D eigenvalue weighted by Crippen LogP contribution is -2.31. The van der Waals surface area contributed by atoms with Gasteiger partial charge < -0.3 is 16.0 Å². The van der Waals surface area contributed by atoms with E-state index in [2.05, 4.69) is 21.5 Å². The van der Waals surface area contributed by atoms with E-state index >= 15 is 0 Å². The maximum atomic E-state index is 12.2. The molecule has 1 saturated heterocycles. The van der Waals surface area contributed by atoms with E-state index in [0.29, 0.717) is 10.7 Å². The summed E-state index contributed by atoms with van der Waals surface area (Å²) in [4.78, 5) is 19.4. The zero-order valence-electron chi connectivity index (χ0n) is 11.6. The minimum Gasteiger partial charge on any atom is -0.382 e. The molecule has 3 N–H and O–H groups in total. The topological polar surface area (TPSA) is 71.2 Å². The van der Waals surface area contributed by atoms with E-state index in [1.807, 2.05) is 11.8 Å². The van der Waals surface area contributed by atoms with Crippen LogP contribution in [0.1, 0.15) is 35.4 Å². The van der Waals surface area contributed by atoms with Gasteiger partial charge in [-0.3, -0.25) is 4.79 Å². The van der Waals surface area contributed by atoms with Crippen LogP contribution in [0.3, 0.4) is 0 Å². The number of hydrogen-bond acceptors (Lipinski definition) is 6. The number of carbonyl (C=O) groups excluding carboxylic acids is 1. The number of carbonyl (C=O) groups is 1. The van der Waals surface area contributed by atoms with Gasteiger partial charge >= 0.3 is 0 Å². The Balaban J connectivity index is 1.65. The summed E-state index contributed by atoms with van der Waals surface area (Å²) in [5, 5.41) is 3.89. The Morgan fingerprint density at radius 2 is 2.20 bits per heavy atom. The SMILES string of the molecule is CSC1(CNC(=O)c2sc(N3CCCC3)nc2N)CC1. The van der Waals surface area contributed by atoms with Gasteiger partial charge in [-0.2, -0.15) is 11.8 Å². The van der Waals surface area contributed by atoms with Gasteiger partial charge in [-0.15, -0.1) is 0 Å². The maximum Gasteiger partial charge on any atom is 0.265 e. The fourth-order valence-electron chi connectivity index (χ4n) is 2.44. The molecule has 0 aromatic carbocycles. The zero-order chi connectivity index (χ0) is 14.2. The summed E-state index contributed by atoms with van der Waals surface area (Å²) >= 11 is 3.25. The Labute approximate surface area is 127 Å². The molecule has 7 heteroatoms. The fourth-order valence-corrected chi connectivity index (χ4v) is 4.12. The molecule has 0 radical (unpaired) electrons. The lowest BCUT2D eigenvalue weighted by Gasteiger charge is -2.12. The standard InChI is InChI=1S/C13H20N4OS2/c1-19-13(4-5-13)8-15-11(18)9-10(14)16-12(20-9)17-6-2-3-7-17/h2-8,14H2,1H3,(H,15,18). The molecule has 3 rings (SSSR count). The van der Waals surface area contributed by atoms with E-state index < -0.39 is 0 Å². The van der Waals surface area contributed by atoms with Crippen LogP contribution in [-0.4, -0.2) is 41.5 Å². The Bertz CT molecular complexity index is 506. The monoisotopic (exact) mass is 312 g/mol. The summed E-state index contributed by atoms with van der Waals surface area (Å²) in [6.45, 7) is 2.76. The van der Waals surface area contributed by atoms with Gasteiger partial charge in [0.25, 0.3) is 5.91 Å². The molecule has 0 spiro atoms. The van der Waals surface area contributed by atoms with E-state index in [4.69, 9.17) is 5.73 Å². The Kier molecular flexibility index (Phi) is 3.81. The van der Waals surface area contributed by atoms with Crippen molar-refractivity contribution in [2.24, 2.45) is 0 Å². The molecule has 2 fully saturated rings. The number of nitrogens with zero attached hydrogens (tertiary/aromatic N) is 2. The molecule has 1 aliphatic heterocycles. The highest BCUT2D eigenvalue weighted by atomic mass is 32.2. The van der Waals surface area contributed by atoms with Crippen LogP contribution in [-0.2, 0) is 0 Å². The van der Waals surface area contributed by atoms with Crippen molar-refractivity contribution in [3.05, 3.63) is 4.88 Å². The second-order valence-electron chi connectivity index (χ2n) is 5.47. The smallest absolute Gasteiger partial charge is 0.265 e.